The van der Waals surface area contributed by atoms with E-state index in [0.717, 1.165) is 5.56 Å². The second-order valence-corrected chi connectivity index (χ2v) is 6.37. The lowest BCUT2D eigenvalue weighted by Crippen LogP contribution is -2.32. The number of esters is 1. The predicted octanol–water partition coefficient (Wildman–Crippen LogP) is 3.82. The van der Waals surface area contributed by atoms with E-state index in [1.54, 1.807) is 36.4 Å². The molecule has 2 aromatic carbocycles. The summed E-state index contributed by atoms with van der Waals surface area (Å²) in [7, 11) is 1.28. The molecule has 0 bridgehead atoms. The van der Waals surface area contributed by atoms with Crippen LogP contribution in [0.3, 0.4) is 0 Å². The fraction of sp³-hybridized carbons (Fsp3) is 0.250. The van der Waals surface area contributed by atoms with Crippen molar-refractivity contribution in [1.29, 1.82) is 0 Å². The van der Waals surface area contributed by atoms with Gasteiger partial charge < -0.3 is 15.0 Å². The van der Waals surface area contributed by atoms with Crippen LogP contribution in [0.15, 0.2) is 42.5 Å². The number of rotatable bonds is 6. The van der Waals surface area contributed by atoms with Crippen molar-refractivity contribution in [3.63, 3.8) is 0 Å². The molecular weight excluding hydrogens is 368 g/mol. The van der Waals surface area contributed by atoms with Gasteiger partial charge in [0, 0.05) is 30.6 Å². The third-order valence-corrected chi connectivity index (χ3v) is 4.25. The molecule has 142 valence electrons. The summed E-state index contributed by atoms with van der Waals surface area (Å²) in [5.41, 5.74) is 2.17. The Kier molecular flexibility index (Phi) is 6.96. The molecule has 0 aliphatic carbocycles. The number of carbonyl (C=O) groups excluding carboxylic acids is 3. The lowest BCUT2D eigenvalue weighted by molar-refractivity contribution is -0.117. The smallest absolute Gasteiger partial charge is 0.339 e. The lowest BCUT2D eigenvalue weighted by Gasteiger charge is -2.23. The lowest BCUT2D eigenvalue weighted by atomic mass is 10.1. The van der Waals surface area contributed by atoms with Crippen molar-refractivity contribution in [2.45, 2.75) is 20.3 Å². The van der Waals surface area contributed by atoms with E-state index in [4.69, 9.17) is 16.3 Å². The molecule has 6 nitrogen and oxygen atoms in total. The molecule has 2 rings (SSSR count). The second-order valence-electron chi connectivity index (χ2n) is 5.94. The Morgan fingerprint density at radius 1 is 1.15 bits per heavy atom. The van der Waals surface area contributed by atoms with Gasteiger partial charge in [-0.05, 0) is 36.8 Å². The molecular formula is C20H21ClN2O4. The number of carbonyl (C=O) groups is 3. The van der Waals surface area contributed by atoms with Crippen LogP contribution in [0.2, 0.25) is 5.02 Å². The van der Waals surface area contributed by atoms with Crippen LogP contribution >= 0.6 is 11.6 Å². The van der Waals surface area contributed by atoms with Crippen molar-refractivity contribution >= 4 is 40.8 Å². The number of halogens is 1. The maximum Gasteiger partial charge on any atom is 0.339 e. The summed E-state index contributed by atoms with van der Waals surface area (Å²) in [5, 5.41) is 3.21. The van der Waals surface area contributed by atoms with Gasteiger partial charge in [0.05, 0.1) is 18.4 Å². The zero-order valence-electron chi connectivity index (χ0n) is 15.4. The standard InChI is InChI=1S/C20H21ClN2O4/c1-13-8-9-15(21)12-18(13)23(14(2)24)11-10-19(25)22-17-7-5-4-6-16(17)20(26)27-3/h4-9,12H,10-11H2,1-3H3,(H,22,25). The van der Waals surface area contributed by atoms with Crippen LogP contribution in [0.1, 0.15) is 29.3 Å². The largest absolute Gasteiger partial charge is 0.465 e. The second kappa shape index (κ2) is 9.19. The zero-order chi connectivity index (χ0) is 20.0. The molecule has 7 heteroatoms. The Bertz CT molecular complexity index is 867. The number of nitrogens with one attached hydrogen (secondary N) is 1. The first-order valence-electron chi connectivity index (χ1n) is 8.35. The van der Waals surface area contributed by atoms with Crippen LogP contribution in [-0.2, 0) is 14.3 Å². The van der Waals surface area contributed by atoms with Crippen LogP contribution < -0.4 is 10.2 Å². The van der Waals surface area contributed by atoms with Gasteiger partial charge in [-0.3, -0.25) is 9.59 Å². The van der Waals surface area contributed by atoms with Gasteiger partial charge in [0.15, 0.2) is 0 Å². The SMILES string of the molecule is COC(=O)c1ccccc1NC(=O)CCN(C(C)=O)c1cc(Cl)ccc1C. The molecule has 0 atom stereocenters. The van der Waals surface area contributed by atoms with E-state index < -0.39 is 5.97 Å². The summed E-state index contributed by atoms with van der Waals surface area (Å²) in [6.45, 7) is 3.49. The summed E-state index contributed by atoms with van der Waals surface area (Å²) >= 11 is 6.04. The average molecular weight is 389 g/mol. The monoisotopic (exact) mass is 388 g/mol. The Morgan fingerprint density at radius 3 is 2.52 bits per heavy atom. The van der Waals surface area contributed by atoms with Crippen LogP contribution in [0, 0.1) is 6.92 Å². The number of benzene rings is 2. The molecule has 0 aliphatic heterocycles. The predicted molar refractivity (Wildman–Crippen MR) is 105 cm³/mol. The molecule has 0 aliphatic rings. The van der Waals surface area contributed by atoms with Crippen LogP contribution in [-0.4, -0.2) is 31.4 Å². The van der Waals surface area contributed by atoms with E-state index >= 15 is 0 Å². The maximum atomic E-state index is 12.4. The Hall–Kier alpha value is -2.86. The summed E-state index contributed by atoms with van der Waals surface area (Å²) < 4.78 is 4.71. The highest BCUT2D eigenvalue weighted by Crippen LogP contribution is 2.25. The normalized spacial score (nSPS) is 10.2. The van der Waals surface area contributed by atoms with Gasteiger partial charge in [-0.15, -0.1) is 0 Å². The number of anilines is 2. The molecule has 1 N–H and O–H groups in total. The van der Waals surface area contributed by atoms with Gasteiger partial charge in [-0.2, -0.15) is 0 Å². The fourth-order valence-corrected chi connectivity index (χ4v) is 2.79. The molecule has 2 amide bonds. The van der Waals surface area contributed by atoms with Gasteiger partial charge in [0.25, 0.3) is 0 Å². The minimum absolute atomic E-state index is 0.0566. The van der Waals surface area contributed by atoms with Gasteiger partial charge in [0.2, 0.25) is 11.8 Å². The van der Waals surface area contributed by atoms with E-state index in [9.17, 15) is 14.4 Å². The Labute approximate surface area is 163 Å². The van der Waals surface area contributed by atoms with Gasteiger partial charge in [-0.1, -0.05) is 29.8 Å². The number of para-hydroxylation sites is 1. The summed E-state index contributed by atoms with van der Waals surface area (Å²) in [6.07, 6.45) is 0.0566. The van der Waals surface area contributed by atoms with Crippen LogP contribution in [0.5, 0.6) is 0 Å². The van der Waals surface area contributed by atoms with Crippen LogP contribution in [0.4, 0.5) is 11.4 Å². The van der Waals surface area contributed by atoms with Crippen molar-refractivity contribution in [1.82, 2.24) is 0 Å². The highest BCUT2D eigenvalue weighted by atomic mass is 35.5. The molecule has 27 heavy (non-hydrogen) atoms. The first-order chi connectivity index (χ1) is 12.8. The molecule has 0 heterocycles. The molecule has 0 unspecified atom stereocenters. The van der Waals surface area contributed by atoms with E-state index in [0.29, 0.717) is 16.4 Å². The van der Waals surface area contributed by atoms with E-state index in [1.807, 2.05) is 13.0 Å². The molecule has 0 spiro atoms. The number of amides is 2. The van der Waals surface area contributed by atoms with Crippen LogP contribution in [0.25, 0.3) is 0 Å². The number of methoxy groups -OCH3 is 1. The first-order valence-corrected chi connectivity index (χ1v) is 8.72. The van der Waals surface area contributed by atoms with Crippen molar-refractivity contribution in [3.05, 3.63) is 58.6 Å². The number of ether oxygens (including phenoxy) is 1. The number of aryl methyl sites for hydroxylation is 1. The minimum atomic E-state index is -0.536. The van der Waals surface area contributed by atoms with E-state index in [2.05, 4.69) is 5.32 Å². The van der Waals surface area contributed by atoms with Crippen molar-refractivity contribution < 1.29 is 19.1 Å². The Balaban J connectivity index is 2.11. The van der Waals surface area contributed by atoms with Gasteiger partial charge in [-0.25, -0.2) is 4.79 Å². The summed E-state index contributed by atoms with van der Waals surface area (Å²) in [6, 6.07) is 11.8. The zero-order valence-corrected chi connectivity index (χ0v) is 16.2. The summed E-state index contributed by atoms with van der Waals surface area (Å²) in [5.74, 6) is -1.05. The number of nitrogens with zero attached hydrogens (tertiary/aromatic N) is 1. The molecule has 2 aromatic rings. The topological polar surface area (TPSA) is 75.7 Å². The third-order valence-electron chi connectivity index (χ3n) is 4.01. The fourth-order valence-electron chi connectivity index (χ4n) is 2.63. The number of hydrogen-bond acceptors (Lipinski definition) is 4. The minimum Gasteiger partial charge on any atom is -0.465 e. The highest BCUT2D eigenvalue weighted by molar-refractivity contribution is 6.31. The van der Waals surface area contributed by atoms with E-state index in [1.165, 1.54) is 18.9 Å². The summed E-state index contributed by atoms with van der Waals surface area (Å²) in [4.78, 5) is 37.7. The molecule has 0 saturated carbocycles. The molecule has 0 saturated heterocycles. The number of hydrogen-bond donors (Lipinski definition) is 1. The van der Waals surface area contributed by atoms with Gasteiger partial charge in [0.1, 0.15) is 0 Å². The third kappa shape index (κ3) is 5.31. The maximum absolute atomic E-state index is 12.4. The average Bonchev–Trinajstić information content (AvgIpc) is 2.64. The van der Waals surface area contributed by atoms with Crippen molar-refractivity contribution in [2.24, 2.45) is 0 Å². The van der Waals surface area contributed by atoms with Crippen molar-refractivity contribution in [2.75, 3.05) is 23.9 Å². The van der Waals surface area contributed by atoms with Gasteiger partial charge >= 0.3 is 5.97 Å². The van der Waals surface area contributed by atoms with E-state index in [-0.39, 0.29) is 30.3 Å². The molecule has 0 aromatic heterocycles. The van der Waals surface area contributed by atoms with Crippen molar-refractivity contribution in [3.8, 4) is 0 Å². The molecule has 0 radical (unpaired) electrons. The highest BCUT2D eigenvalue weighted by Gasteiger charge is 2.17. The quantitative estimate of drug-likeness (QED) is 0.763. The Morgan fingerprint density at radius 2 is 1.85 bits per heavy atom. The first kappa shape index (κ1) is 20.5. The molecule has 0 fully saturated rings.